The number of ether oxygens (including phenoxy) is 1. The second-order valence-corrected chi connectivity index (χ2v) is 7.89. The first kappa shape index (κ1) is 21.6. The van der Waals surface area contributed by atoms with Gasteiger partial charge in [0.25, 0.3) is 5.91 Å². The van der Waals surface area contributed by atoms with Crippen LogP contribution in [0.1, 0.15) is 55.3 Å². The number of nitrogens with one attached hydrogen (secondary N) is 3. The largest absolute Gasteiger partial charge is 0.497 e. The third-order valence-corrected chi connectivity index (χ3v) is 5.74. The molecule has 3 rings (SSSR count). The van der Waals surface area contributed by atoms with E-state index in [1.165, 1.54) is 32.1 Å². The Labute approximate surface area is 174 Å². The van der Waals surface area contributed by atoms with Crippen molar-refractivity contribution in [2.75, 3.05) is 33.3 Å². The number of benzene rings is 2. The van der Waals surface area contributed by atoms with Gasteiger partial charge in [-0.05, 0) is 67.3 Å². The first-order valence-electron chi connectivity index (χ1n) is 11.1. The number of carbonyl (C=O) groups is 1. The number of fused-ring (bicyclic) bond motifs is 1. The van der Waals surface area contributed by atoms with E-state index in [1.54, 1.807) is 7.11 Å². The Morgan fingerprint density at radius 1 is 1.00 bits per heavy atom. The van der Waals surface area contributed by atoms with Gasteiger partial charge >= 0.3 is 0 Å². The maximum Gasteiger partial charge on any atom is 0.251 e. The molecule has 0 bridgehead atoms. The standard InChI is InChI=1S/C24H35N3O2/c1-29-21-12-13-22-19(18-21)8-7-11-23(22)24(28)27-15-6-5-14-25-16-17-26-20-9-3-2-4-10-20/h7-8,11-13,18,20,25-26H,2-6,9-10,14-17H2,1H3,(H,27,28). The number of hydrogen-bond acceptors (Lipinski definition) is 4. The van der Waals surface area contributed by atoms with Crippen LogP contribution in [-0.4, -0.2) is 45.2 Å². The number of unbranched alkanes of at least 4 members (excludes halogenated alkanes) is 1. The molecule has 1 amide bonds. The average Bonchev–Trinajstić information content (AvgIpc) is 2.77. The lowest BCUT2D eigenvalue weighted by Gasteiger charge is -2.22. The molecule has 0 radical (unpaired) electrons. The highest BCUT2D eigenvalue weighted by Gasteiger charge is 2.12. The molecule has 1 aliphatic carbocycles. The summed E-state index contributed by atoms with van der Waals surface area (Å²) >= 11 is 0. The van der Waals surface area contributed by atoms with Crippen LogP contribution in [0.25, 0.3) is 10.8 Å². The molecule has 0 atom stereocenters. The molecular formula is C24H35N3O2. The Hall–Kier alpha value is -2.11. The minimum absolute atomic E-state index is 0.00888. The second kappa shape index (κ2) is 11.8. The summed E-state index contributed by atoms with van der Waals surface area (Å²) in [4.78, 5) is 12.6. The van der Waals surface area contributed by atoms with E-state index >= 15 is 0 Å². The van der Waals surface area contributed by atoms with Crippen molar-refractivity contribution in [1.82, 2.24) is 16.0 Å². The van der Waals surface area contributed by atoms with Gasteiger partial charge in [-0.1, -0.05) is 31.4 Å². The van der Waals surface area contributed by atoms with E-state index in [2.05, 4.69) is 16.0 Å². The van der Waals surface area contributed by atoms with Crippen molar-refractivity contribution in [2.24, 2.45) is 0 Å². The minimum Gasteiger partial charge on any atom is -0.497 e. The van der Waals surface area contributed by atoms with E-state index in [4.69, 9.17) is 4.74 Å². The van der Waals surface area contributed by atoms with Gasteiger partial charge in [0, 0.05) is 31.2 Å². The lowest BCUT2D eigenvalue weighted by molar-refractivity contribution is 0.0954. The van der Waals surface area contributed by atoms with E-state index in [-0.39, 0.29) is 5.91 Å². The molecular weight excluding hydrogens is 362 g/mol. The van der Waals surface area contributed by atoms with Crippen LogP contribution in [0.15, 0.2) is 36.4 Å². The molecule has 2 aromatic carbocycles. The summed E-state index contributed by atoms with van der Waals surface area (Å²) in [6, 6.07) is 12.3. The summed E-state index contributed by atoms with van der Waals surface area (Å²) in [6.45, 7) is 3.76. The number of amides is 1. The van der Waals surface area contributed by atoms with Crippen molar-refractivity contribution < 1.29 is 9.53 Å². The summed E-state index contributed by atoms with van der Waals surface area (Å²) in [6.07, 6.45) is 8.88. The minimum atomic E-state index is -0.00888. The molecule has 0 unspecified atom stereocenters. The first-order chi connectivity index (χ1) is 14.3. The van der Waals surface area contributed by atoms with Crippen molar-refractivity contribution >= 4 is 16.7 Å². The second-order valence-electron chi connectivity index (χ2n) is 7.89. The molecule has 3 N–H and O–H groups in total. The van der Waals surface area contributed by atoms with Crippen LogP contribution in [0.2, 0.25) is 0 Å². The summed E-state index contributed by atoms with van der Waals surface area (Å²) < 4.78 is 5.27. The van der Waals surface area contributed by atoms with Crippen LogP contribution in [-0.2, 0) is 0 Å². The molecule has 0 saturated heterocycles. The van der Waals surface area contributed by atoms with Crippen molar-refractivity contribution in [2.45, 2.75) is 51.0 Å². The summed E-state index contributed by atoms with van der Waals surface area (Å²) in [7, 11) is 1.65. The third-order valence-electron chi connectivity index (χ3n) is 5.74. The predicted octanol–water partition coefficient (Wildman–Crippen LogP) is 3.87. The molecule has 0 aromatic heterocycles. The number of carbonyl (C=O) groups excluding carboxylic acids is 1. The fourth-order valence-corrected chi connectivity index (χ4v) is 4.06. The lowest BCUT2D eigenvalue weighted by Crippen LogP contribution is -2.36. The van der Waals surface area contributed by atoms with E-state index in [0.717, 1.165) is 60.6 Å². The monoisotopic (exact) mass is 397 g/mol. The SMILES string of the molecule is COc1ccc2c(C(=O)NCCCCNCCNC3CCCCC3)cccc2c1. The molecule has 29 heavy (non-hydrogen) atoms. The molecule has 5 nitrogen and oxygen atoms in total. The van der Waals surface area contributed by atoms with Crippen molar-refractivity contribution in [3.63, 3.8) is 0 Å². The highest BCUT2D eigenvalue weighted by atomic mass is 16.5. The Morgan fingerprint density at radius 2 is 1.83 bits per heavy atom. The Bertz CT molecular complexity index is 772. The zero-order chi connectivity index (χ0) is 20.3. The molecule has 0 aliphatic heterocycles. The van der Waals surface area contributed by atoms with E-state index in [1.807, 2.05) is 36.4 Å². The Kier molecular flexibility index (Phi) is 8.78. The van der Waals surface area contributed by atoms with Gasteiger partial charge in [-0.15, -0.1) is 0 Å². The van der Waals surface area contributed by atoms with Gasteiger partial charge in [-0.3, -0.25) is 4.79 Å². The molecule has 0 heterocycles. The fraction of sp³-hybridized carbons (Fsp3) is 0.542. The van der Waals surface area contributed by atoms with Crippen molar-refractivity contribution in [1.29, 1.82) is 0 Å². The smallest absolute Gasteiger partial charge is 0.251 e. The predicted molar refractivity (Wildman–Crippen MR) is 120 cm³/mol. The summed E-state index contributed by atoms with van der Waals surface area (Å²) in [5.41, 5.74) is 0.720. The highest BCUT2D eigenvalue weighted by molar-refractivity contribution is 6.07. The van der Waals surface area contributed by atoms with E-state index < -0.39 is 0 Å². The van der Waals surface area contributed by atoms with E-state index in [0.29, 0.717) is 6.54 Å². The van der Waals surface area contributed by atoms with Gasteiger partial charge in [0.1, 0.15) is 5.75 Å². The van der Waals surface area contributed by atoms with Crippen LogP contribution in [0, 0.1) is 0 Å². The van der Waals surface area contributed by atoms with Crippen molar-refractivity contribution in [3.05, 3.63) is 42.0 Å². The maximum absolute atomic E-state index is 12.6. The van der Waals surface area contributed by atoms with Gasteiger partial charge in [-0.25, -0.2) is 0 Å². The van der Waals surface area contributed by atoms with Crippen molar-refractivity contribution in [3.8, 4) is 5.75 Å². The van der Waals surface area contributed by atoms with Crippen LogP contribution in [0.3, 0.4) is 0 Å². The lowest BCUT2D eigenvalue weighted by atomic mass is 9.95. The third kappa shape index (κ3) is 6.72. The first-order valence-corrected chi connectivity index (χ1v) is 11.1. The summed E-state index contributed by atoms with van der Waals surface area (Å²) in [5.74, 6) is 0.793. The normalized spacial score (nSPS) is 14.8. The van der Waals surface area contributed by atoms with E-state index in [9.17, 15) is 4.79 Å². The van der Waals surface area contributed by atoms with Gasteiger partial charge in [0.05, 0.1) is 7.11 Å². The topological polar surface area (TPSA) is 62.4 Å². The zero-order valence-electron chi connectivity index (χ0n) is 17.6. The highest BCUT2D eigenvalue weighted by Crippen LogP contribution is 2.23. The molecule has 1 saturated carbocycles. The van der Waals surface area contributed by atoms with Crippen LogP contribution in [0.4, 0.5) is 0 Å². The van der Waals surface area contributed by atoms with Gasteiger partial charge in [-0.2, -0.15) is 0 Å². The zero-order valence-corrected chi connectivity index (χ0v) is 17.6. The molecule has 158 valence electrons. The molecule has 5 heteroatoms. The van der Waals surface area contributed by atoms with Gasteiger partial charge in [0.15, 0.2) is 0 Å². The van der Waals surface area contributed by atoms with Crippen LogP contribution >= 0.6 is 0 Å². The molecule has 0 spiro atoms. The van der Waals surface area contributed by atoms with Gasteiger partial charge in [0.2, 0.25) is 0 Å². The number of methoxy groups -OCH3 is 1. The van der Waals surface area contributed by atoms with Crippen LogP contribution in [0.5, 0.6) is 5.75 Å². The fourth-order valence-electron chi connectivity index (χ4n) is 4.06. The molecule has 1 fully saturated rings. The maximum atomic E-state index is 12.6. The van der Waals surface area contributed by atoms with Crippen LogP contribution < -0.4 is 20.7 Å². The average molecular weight is 398 g/mol. The Balaban J connectivity index is 1.30. The molecule has 1 aliphatic rings. The summed E-state index contributed by atoms with van der Waals surface area (Å²) in [5, 5.41) is 12.2. The quantitative estimate of drug-likeness (QED) is 0.504. The van der Waals surface area contributed by atoms with Gasteiger partial charge < -0.3 is 20.7 Å². The number of rotatable bonds is 11. The molecule has 2 aromatic rings. The Morgan fingerprint density at radius 3 is 2.66 bits per heavy atom. The number of hydrogen-bond donors (Lipinski definition) is 3.